The molecule has 2 aromatic rings. The second-order valence-corrected chi connectivity index (χ2v) is 3.87. The molecule has 0 saturated heterocycles. The third kappa shape index (κ3) is 4.57. The molecule has 0 aliphatic carbocycles. The Morgan fingerprint density at radius 2 is 1.50 bits per heavy atom. The number of allylic oxidation sites excluding steroid dienone is 1. The Morgan fingerprint density at radius 1 is 0.889 bits per heavy atom. The molecule has 0 fully saturated rings. The Hall–Kier alpha value is -1.22. The minimum atomic E-state index is 0. The van der Waals surface area contributed by atoms with E-state index >= 15 is 0 Å². The summed E-state index contributed by atoms with van der Waals surface area (Å²) in [6.45, 7) is 0. The summed E-state index contributed by atoms with van der Waals surface area (Å²) in [5.41, 5.74) is 2.02. The zero-order valence-electron chi connectivity index (χ0n) is 9.38. The van der Waals surface area contributed by atoms with Gasteiger partial charge in [-0.3, -0.25) is 0 Å². The number of hydrogen-bond acceptors (Lipinski definition) is 2. The van der Waals surface area contributed by atoms with Crippen LogP contribution in [0.4, 0.5) is 0 Å². The first-order valence-electron chi connectivity index (χ1n) is 5.47. The van der Waals surface area contributed by atoms with Gasteiger partial charge in [0.25, 0.3) is 0 Å². The van der Waals surface area contributed by atoms with Gasteiger partial charge in [-0.05, 0) is 29.7 Å². The van der Waals surface area contributed by atoms with E-state index < -0.39 is 0 Å². The van der Waals surface area contributed by atoms with Crippen LogP contribution in [0.25, 0.3) is 6.08 Å². The van der Waals surface area contributed by atoms with E-state index in [-0.39, 0.29) is 41.1 Å². The van der Waals surface area contributed by atoms with Crippen LogP contribution in [0.5, 0.6) is 11.5 Å². The van der Waals surface area contributed by atoms with Crippen molar-refractivity contribution in [1.82, 2.24) is 0 Å². The van der Waals surface area contributed by atoms with Crippen molar-refractivity contribution in [3.8, 4) is 11.5 Å². The van der Waals surface area contributed by atoms with Crippen molar-refractivity contribution in [3.05, 3.63) is 65.7 Å². The number of phenols is 2. The number of rotatable bonds is 3. The van der Waals surface area contributed by atoms with Gasteiger partial charge in [-0.2, -0.15) is 0 Å². The van der Waals surface area contributed by atoms with Gasteiger partial charge in [0.2, 0.25) is 0 Å². The van der Waals surface area contributed by atoms with Crippen LogP contribution in [0.3, 0.4) is 0 Å². The second-order valence-electron chi connectivity index (χ2n) is 3.87. The Balaban J connectivity index is 0.00000162. The normalized spacial score (nSPS) is 10.2. The van der Waals surface area contributed by atoms with Crippen molar-refractivity contribution in [1.29, 1.82) is 0 Å². The molecule has 18 heavy (non-hydrogen) atoms. The molecule has 2 nitrogen and oxygen atoms in total. The molecule has 0 aromatic heterocycles. The van der Waals surface area contributed by atoms with Crippen LogP contribution in [-0.4, -0.2) is 39.8 Å². The van der Waals surface area contributed by atoms with Gasteiger partial charge in [0.1, 0.15) is 11.5 Å². The van der Waals surface area contributed by atoms with Gasteiger partial charge in [0.05, 0.1) is 0 Å². The van der Waals surface area contributed by atoms with Gasteiger partial charge in [-0.15, -0.1) is 0 Å². The Bertz CT molecular complexity index is 501. The van der Waals surface area contributed by atoms with Crippen LogP contribution in [0.15, 0.2) is 54.6 Å². The van der Waals surface area contributed by atoms with E-state index in [1.807, 2.05) is 42.5 Å². The Labute approximate surface area is 129 Å². The van der Waals surface area contributed by atoms with Gasteiger partial charge in [0, 0.05) is 6.07 Å². The van der Waals surface area contributed by atoms with Crippen LogP contribution in [0.2, 0.25) is 0 Å². The molecule has 88 valence electrons. The molecule has 2 aromatic carbocycles. The van der Waals surface area contributed by atoms with E-state index in [4.69, 9.17) is 0 Å². The van der Waals surface area contributed by atoms with Crippen molar-refractivity contribution in [3.63, 3.8) is 0 Å². The Kier molecular flexibility index (Phi) is 5.99. The molecule has 2 N–H and O–H groups in total. The average molecular weight is 250 g/mol. The molecule has 0 saturated carbocycles. The average Bonchev–Trinajstić information content (AvgIpc) is 2.29. The van der Waals surface area contributed by atoms with E-state index in [0.29, 0.717) is 6.42 Å². The fourth-order valence-electron chi connectivity index (χ4n) is 1.67. The van der Waals surface area contributed by atoms with Crippen molar-refractivity contribution < 1.29 is 10.2 Å². The van der Waals surface area contributed by atoms with Gasteiger partial charge < -0.3 is 10.2 Å². The van der Waals surface area contributed by atoms with Crippen LogP contribution in [0, 0.1) is 0 Å². The van der Waals surface area contributed by atoms with Crippen LogP contribution in [0.1, 0.15) is 11.1 Å². The topological polar surface area (TPSA) is 40.5 Å². The summed E-state index contributed by atoms with van der Waals surface area (Å²) in [5.74, 6) is 0.182. The van der Waals surface area contributed by atoms with Gasteiger partial charge in [-0.25, -0.2) is 0 Å². The third-order valence-corrected chi connectivity index (χ3v) is 2.43. The van der Waals surface area contributed by atoms with Crippen molar-refractivity contribution >= 4 is 35.6 Å². The van der Waals surface area contributed by atoms with E-state index in [2.05, 4.69) is 0 Å². The van der Waals surface area contributed by atoms with E-state index in [9.17, 15) is 10.2 Å². The van der Waals surface area contributed by atoms with E-state index in [0.717, 1.165) is 11.1 Å². The quantitative estimate of drug-likeness (QED) is 0.822. The van der Waals surface area contributed by atoms with Crippen LogP contribution >= 0.6 is 0 Å². The minimum absolute atomic E-state index is 0. The number of hydrogen-bond donors (Lipinski definition) is 2. The summed E-state index contributed by atoms with van der Waals surface area (Å²) < 4.78 is 0. The van der Waals surface area contributed by atoms with Gasteiger partial charge in [0.15, 0.2) is 0 Å². The second kappa shape index (κ2) is 7.27. The Morgan fingerprint density at radius 3 is 2.11 bits per heavy atom. The molecule has 0 spiro atoms. The summed E-state index contributed by atoms with van der Waals surface area (Å²) in [6, 6.07) is 14.6. The maximum absolute atomic E-state index is 9.33. The van der Waals surface area contributed by atoms with Crippen LogP contribution < -0.4 is 0 Å². The van der Waals surface area contributed by atoms with E-state index in [1.54, 1.807) is 12.1 Å². The molecule has 0 radical (unpaired) electrons. The molecule has 3 heteroatoms. The monoisotopic (exact) mass is 250 g/mol. The molecule has 0 amide bonds. The molecule has 0 aliphatic heterocycles. The maximum atomic E-state index is 9.33. The molecular formula is C15H15NaO2. The molecule has 0 bridgehead atoms. The summed E-state index contributed by atoms with van der Waals surface area (Å²) in [6.07, 6.45) is 4.70. The first kappa shape index (κ1) is 14.8. The number of aromatic hydroxyl groups is 2. The zero-order valence-corrected chi connectivity index (χ0v) is 9.38. The number of benzene rings is 2. The molecular weight excluding hydrogens is 235 g/mol. The first-order chi connectivity index (χ1) is 8.24. The fourth-order valence-corrected chi connectivity index (χ4v) is 1.67. The third-order valence-electron chi connectivity index (χ3n) is 2.43. The standard InChI is InChI=1S/C15H14O2.Na.H/c16-14-9-13(10-15(17)11-14)8-4-7-12-5-2-1-3-6-12;;/h1-7,9-11,16-17H,8H2;;/b7-4+;;. The summed E-state index contributed by atoms with van der Waals surface area (Å²) in [5, 5.41) is 18.7. The van der Waals surface area contributed by atoms with Crippen molar-refractivity contribution in [2.24, 2.45) is 0 Å². The predicted molar refractivity (Wildman–Crippen MR) is 76.1 cm³/mol. The SMILES string of the molecule is Oc1cc(O)cc(C/C=C/c2ccccc2)c1.[NaH]. The molecule has 0 aliphatic rings. The van der Waals surface area contributed by atoms with Gasteiger partial charge in [-0.1, -0.05) is 42.5 Å². The predicted octanol–water partition coefficient (Wildman–Crippen LogP) is 2.71. The summed E-state index contributed by atoms with van der Waals surface area (Å²) >= 11 is 0. The summed E-state index contributed by atoms with van der Waals surface area (Å²) in [7, 11) is 0. The number of phenolic OH excluding ortho intramolecular Hbond substituents is 2. The van der Waals surface area contributed by atoms with E-state index in [1.165, 1.54) is 6.07 Å². The van der Waals surface area contributed by atoms with Crippen molar-refractivity contribution in [2.45, 2.75) is 6.42 Å². The summed E-state index contributed by atoms with van der Waals surface area (Å²) in [4.78, 5) is 0. The molecule has 0 atom stereocenters. The fraction of sp³-hybridized carbons (Fsp3) is 0.0667. The molecule has 0 heterocycles. The first-order valence-corrected chi connectivity index (χ1v) is 5.47. The van der Waals surface area contributed by atoms with Crippen LogP contribution in [-0.2, 0) is 6.42 Å². The zero-order chi connectivity index (χ0) is 12.1. The van der Waals surface area contributed by atoms with Crippen molar-refractivity contribution in [2.75, 3.05) is 0 Å². The molecule has 0 unspecified atom stereocenters. The molecule has 2 rings (SSSR count). The van der Waals surface area contributed by atoms with Gasteiger partial charge >= 0.3 is 29.6 Å².